The number of hydrogen-bond acceptors (Lipinski definition) is 4. The van der Waals surface area contributed by atoms with Gasteiger partial charge in [-0.05, 0) is 46.1 Å². The summed E-state index contributed by atoms with van der Waals surface area (Å²) in [6, 6.07) is 8.63. The lowest BCUT2D eigenvalue weighted by molar-refractivity contribution is -0.163. The van der Waals surface area contributed by atoms with Crippen molar-refractivity contribution in [1.82, 2.24) is 4.90 Å². The van der Waals surface area contributed by atoms with Gasteiger partial charge in [0.05, 0.1) is 0 Å². The molecule has 2 atom stereocenters. The van der Waals surface area contributed by atoms with Crippen LogP contribution in [0.3, 0.4) is 0 Å². The first kappa shape index (κ1) is 18.2. The van der Waals surface area contributed by atoms with Crippen LogP contribution in [-0.4, -0.2) is 47.2 Å². The lowest BCUT2D eigenvalue weighted by atomic mass is 10.1. The van der Waals surface area contributed by atoms with E-state index in [9.17, 15) is 9.59 Å². The number of nitrogens with zero attached hydrogens (tertiary/aromatic N) is 2. The fourth-order valence-electron chi connectivity index (χ4n) is 2.69. The Morgan fingerprint density at radius 3 is 2.58 bits per heavy atom. The number of rotatable bonds is 4. The maximum atomic E-state index is 12.7. The van der Waals surface area contributed by atoms with Crippen LogP contribution in [0.2, 0.25) is 0 Å². The first-order chi connectivity index (χ1) is 11.3. The van der Waals surface area contributed by atoms with Crippen molar-refractivity contribution in [3.05, 3.63) is 35.9 Å². The van der Waals surface area contributed by atoms with Crippen LogP contribution in [0.5, 0.6) is 0 Å². The highest BCUT2D eigenvalue weighted by Crippen LogP contribution is 2.22. The topological polar surface area (TPSA) is 59.0 Å². The molecule has 1 aliphatic rings. The zero-order valence-electron chi connectivity index (χ0n) is 14.9. The number of carbonyl (C=O) groups excluding carboxylic acids is 2. The summed E-state index contributed by atoms with van der Waals surface area (Å²) in [5, 5.41) is 0. The van der Waals surface area contributed by atoms with Gasteiger partial charge in [-0.3, -0.25) is 9.79 Å². The average Bonchev–Trinajstić information content (AvgIpc) is 3.01. The molecule has 1 heterocycles. The van der Waals surface area contributed by atoms with Crippen LogP contribution in [0.25, 0.3) is 0 Å². The number of esters is 1. The number of likely N-dealkylation sites (tertiary alicyclic amines) is 1. The lowest BCUT2D eigenvalue weighted by Crippen LogP contribution is -2.46. The summed E-state index contributed by atoms with van der Waals surface area (Å²) in [5.41, 5.74) is 0.396. The fourth-order valence-corrected chi connectivity index (χ4v) is 2.69. The molecule has 0 bridgehead atoms. The Balaban J connectivity index is 2.02. The van der Waals surface area contributed by atoms with Gasteiger partial charge < -0.3 is 9.64 Å². The highest BCUT2D eigenvalue weighted by molar-refractivity contribution is 5.90. The Labute approximate surface area is 143 Å². The van der Waals surface area contributed by atoms with E-state index < -0.39 is 17.7 Å². The van der Waals surface area contributed by atoms with Crippen LogP contribution in [0, 0.1) is 0 Å². The lowest BCUT2D eigenvalue weighted by Gasteiger charge is -2.28. The molecule has 0 aromatic heterocycles. The summed E-state index contributed by atoms with van der Waals surface area (Å²) in [6.07, 6.45) is 3.15. The van der Waals surface area contributed by atoms with E-state index in [1.165, 1.54) is 0 Å². The van der Waals surface area contributed by atoms with Gasteiger partial charge in [0.1, 0.15) is 17.7 Å². The first-order valence-corrected chi connectivity index (χ1v) is 8.39. The van der Waals surface area contributed by atoms with Crippen LogP contribution < -0.4 is 0 Å². The minimum absolute atomic E-state index is 0.129. The van der Waals surface area contributed by atoms with Crippen molar-refractivity contribution in [3.63, 3.8) is 0 Å². The molecule has 1 aromatic carbocycles. The predicted octanol–water partition coefficient (Wildman–Crippen LogP) is 2.83. The van der Waals surface area contributed by atoms with Crippen molar-refractivity contribution in [2.45, 2.75) is 58.2 Å². The predicted molar refractivity (Wildman–Crippen MR) is 94.1 cm³/mol. The number of aliphatic imine (C=N–C) groups is 1. The third-order valence-electron chi connectivity index (χ3n) is 3.82. The van der Waals surface area contributed by atoms with E-state index in [-0.39, 0.29) is 11.9 Å². The molecule has 5 nitrogen and oxygen atoms in total. The van der Waals surface area contributed by atoms with Crippen molar-refractivity contribution in [2.24, 2.45) is 4.99 Å². The van der Waals surface area contributed by atoms with Gasteiger partial charge in [-0.25, -0.2) is 4.79 Å². The second-order valence-electron chi connectivity index (χ2n) is 7.09. The second-order valence-corrected chi connectivity index (χ2v) is 7.09. The molecule has 0 saturated carbocycles. The molecule has 1 amide bonds. The normalized spacial score (nSPS) is 19.5. The van der Waals surface area contributed by atoms with Gasteiger partial charge in [-0.15, -0.1) is 0 Å². The van der Waals surface area contributed by atoms with Gasteiger partial charge >= 0.3 is 5.97 Å². The molecule has 1 saturated heterocycles. The van der Waals surface area contributed by atoms with E-state index >= 15 is 0 Å². The quantitative estimate of drug-likeness (QED) is 0.630. The standard InChI is InChI=1S/C19H26N2O3/c1-14(20-13-15-9-6-5-7-10-15)17(22)21-12-8-11-16(21)18(23)24-19(2,3)4/h5-7,9-10,13-14,16H,8,11-12H2,1-4H3/t14-,16-/m0/s1. The van der Waals surface area contributed by atoms with E-state index in [0.717, 1.165) is 12.0 Å². The van der Waals surface area contributed by atoms with Gasteiger partial charge in [-0.2, -0.15) is 0 Å². The molecule has 0 radical (unpaired) electrons. The molecule has 0 spiro atoms. The minimum atomic E-state index is -0.550. The summed E-state index contributed by atoms with van der Waals surface area (Å²) in [4.78, 5) is 30.9. The Morgan fingerprint density at radius 2 is 1.96 bits per heavy atom. The summed E-state index contributed by atoms with van der Waals surface area (Å²) in [6.45, 7) is 7.83. The third kappa shape index (κ3) is 4.91. The van der Waals surface area contributed by atoms with Gasteiger partial charge in [0.25, 0.3) is 0 Å². The Hall–Kier alpha value is -2.17. The largest absolute Gasteiger partial charge is 0.458 e. The summed E-state index contributed by atoms with van der Waals surface area (Å²) in [7, 11) is 0. The van der Waals surface area contributed by atoms with Crippen molar-refractivity contribution in [1.29, 1.82) is 0 Å². The molecule has 5 heteroatoms. The average molecular weight is 330 g/mol. The fraction of sp³-hybridized carbons (Fsp3) is 0.526. The van der Waals surface area contributed by atoms with Crippen molar-refractivity contribution >= 4 is 18.1 Å². The highest BCUT2D eigenvalue weighted by atomic mass is 16.6. The molecule has 1 fully saturated rings. The van der Waals surface area contributed by atoms with Crippen LogP contribution in [0.1, 0.15) is 46.1 Å². The minimum Gasteiger partial charge on any atom is -0.458 e. The van der Waals surface area contributed by atoms with E-state index in [4.69, 9.17) is 4.74 Å². The Kier molecular flexibility index (Phi) is 5.75. The van der Waals surface area contributed by atoms with E-state index in [0.29, 0.717) is 13.0 Å². The van der Waals surface area contributed by atoms with Crippen LogP contribution >= 0.6 is 0 Å². The SMILES string of the molecule is C[C@H](N=Cc1ccccc1)C(=O)N1CCC[C@H]1C(=O)OC(C)(C)C. The van der Waals surface area contributed by atoms with E-state index in [1.807, 2.05) is 51.1 Å². The van der Waals surface area contributed by atoms with Crippen molar-refractivity contribution < 1.29 is 14.3 Å². The maximum Gasteiger partial charge on any atom is 0.329 e. The van der Waals surface area contributed by atoms with Gasteiger partial charge in [-0.1, -0.05) is 30.3 Å². The number of benzene rings is 1. The molecule has 0 unspecified atom stereocenters. The summed E-state index contributed by atoms with van der Waals surface area (Å²) in [5.74, 6) is -0.455. The van der Waals surface area contributed by atoms with Crippen molar-refractivity contribution in [3.8, 4) is 0 Å². The molecule has 24 heavy (non-hydrogen) atoms. The zero-order chi connectivity index (χ0) is 17.7. The van der Waals surface area contributed by atoms with Crippen LogP contribution in [0.4, 0.5) is 0 Å². The number of amides is 1. The van der Waals surface area contributed by atoms with Crippen LogP contribution in [-0.2, 0) is 14.3 Å². The smallest absolute Gasteiger partial charge is 0.329 e. The first-order valence-electron chi connectivity index (χ1n) is 8.39. The molecule has 1 aromatic rings. The molecular formula is C19H26N2O3. The van der Waals surface area contributed by atoms with Gasteiger partial charge in [0.2, 0.25) is 5.91 Å². The monoisotopic (exact) mass is 330 g/mol. The zero-order valence-corrected chi connectivity index (χ0v) is 14.9. The van der Waals surface area contributed by atoms with Gasteiger partial charge in [0, 0.05) is 12.8 Å². The number of hydrogen-bond donors (Lipinski definition) is 0. The van der Waals surface area contributed by atoms with Crippen LogP contribution in [0.15, 0.2) is 35.3 Å². The highest BCUT2D eigenvalue weighted by Gasteiger charge is 2.38. The van der Waals surface area contributed by atoms with E-state index in [2.05, 4.69) is 4.99 Å². The molecule has 2 rings (SSSR count). The molecule has 1 aliphatic heterocycles. The second kappa shape index (κ2) is 7.60. The molecular weight excluding hydrogens is 304 g/mol. The summed E-state index contributed by atoms with van der Waals surface area (Å²) >= 11 is 0. The van der Waals surface area contributed by atoms with Crippen molar-refractivity contribution in [2.75, 3.05) is 6.54 Å². The molecule has 0 N–H and O–H groups in total. The number of ether oxygens (including phenoxy) is 1. The molecule has 130 valence electrons. The third-order valence-corrected chi connectivity index (χ3v) is 3.82. The molecule has 0 aliphatic carbocycles. The summed E-state index contributed by atoms with van der Waals surface area (Å²) < 4.78 is 5.44. The van der Waals surface area contributed by atoms with E-state index in [1.54, 1.807) is 18.0 Å². The Bertz CT molecular complexity index is 605. The maximum absolute atomic E-state index is 12.7. The number of carbonyl (C=O) groups is 2. The van der Waals surface area contributed by atoms with Gasteiger partial charge in [0.15, 0.2) is 0 Å². The Morgan fingerprint density at radius 1 is 1.29 bits per heavy atom.